The Balaban J connectivity index is 2.18. The third kappa shape index (κ3) is 1.77. The van der Waals surface area contributed by atoms with Gasteiger partial charge in [0.2, 0.25) is 5.91 Å². The van der Waals surface area contributed by atoms with Crippen LogP contribution in [0.5, 0.6) is 0 Å². The minimum absolute atomic E-state index is 0.200. The van der Waals surface area contributed by atoms with E-state index in [0.29, 0.717) is 24.4 Å². The highest BCUT2D eigenvalue weighted by Crippen LogP contribution is 2.22. The molecule has 0 atom stereocenters. The number of carbonyl (C=O) groups excluding carboxylic acids is 2. The average molecular weight is 223 g/mol. The molecular weight excluding hydrogens is 206 g/mol. The van der Waals surface area contributed by atoms with Crippen molar-refractivity contribution in [2.24, 2.45) is 5.73 Å². The van der Waals surface area contributed by atoms with Crippen molar-refractivity contribution >= 4 is 11.8 Å². The third-order valence-corrected chi connectivity index (χ3v) is 3.22. The van der Waals surface area contributed by atoms with Gasteiger partial charge in [-0.15, -0.1) is 0 Å². The lowest BCUT2D eigenvalue weighted by Gasteiger charge is -2.19. The molecule has 0 bridgehead atoms. The summed E-state index contributed by atoms with van der Waals surface area (Å²) in [7, 11) is 0. The first kappa shape index (κ1) is 11.0. The molecule has 2 amide bonds. The predicted molar refractivity (Wildman–Crippen MR) is 59.0 cm³/mol. The number of amides is 2. The van der Waals surface area contributed by atoms with Crippen LogP contribution < -0.4 is 5.73 Å². The fraction of sp³-hybridized carbons (Fsp3) is 0.636. The summed E-state index contributed by atoms with van der Waals surface area (Å²) < 4.78 is 0. The van der Waals surface area contributed by atoms with E-state index in [1.54, 1.807) is 0 Å². The Labute approximate surface area is 94.9 Å². The first-order valence-electron chi connectivity index (χ1n) is 5.67. The molecule has 0 radical (unpaired) electrons. The van der Waals surface area contributed by atoms with Gasteiger partial charge in [0.15, 0.2) is 0 Å². The van der Waals surface area contributed by atoms with Gasteiger partial charge in [-0.1, -0.05) is 0 Å². The lowest BCUT2D eigenvalue weighted by atomic mass is 10.2. The van der Waals surface area contributed by atoms with Crippen LogP contribution in [-0.2, 0) is 9.59 Å². The molecule has 0 spiro atoms. The quantitative estimate of drug-likeness (QED) is 0.637. The smallest absolute Gasteiger partial charge is 0.260 e. The van der Waals surface area contributed by atoms with Crippen molar-refractivity contribution in [3.63, 3.8) is 0 Å². The van der Waals surface area contributed by atoms with Crippen molar-refractivity contribution in [2.45, 2.75) is 26.2 Å². The van der Waals surface area contributed by atoms with E-state index in [9.17, 15) is 9.59 Å². The summed E-state index contributed by atoms with van der Waals surface area (Å²) in [6.07, 6.45) is 2.83. The molecule has 2 fully saturated rings. The van der Waals surface area contributed by atoms with E-state index in [2.05, 4.69) is 0 Å². The van der Waals surface area contributed by atoms with Gasteiger partial charge in [0.1, 0.15) is 5.82 Å². The molecule has 16 heavy (non-hydrogen) atoms. The second-order valence-corrected chi connectivity index (χ2v) is 4.28. The van der Waals surface area contributed by atoms with Crippen LogP contribution in [-0.4, -0.2) is 41.2 Å². The highest BCUT2D eigenvalue weighted by molar-refractivity contribution is 6.06. The topological polar surface area (TPSA) is 66.6 Å². The van der Waals surface area contributed by atoms with Crippen LogP contribution in [0.3, 0.4) is 0 Å². The van der Waals surface area contributed by atoms with Crippen LogP contribution in [0.4, 0.5) is 0 Å². The number of nitrogens with zero attached hydrogens (tertiary/aromatic N) is 2. The van der Waals surface area contributed by atoms with Gasteiger partial charge in [-0.3, -0.25) is 14.5 Å². The number of imide groups is 1. The van der Waals surface area contributed by atoms with Crippen molar-refractivity contribution in [1.82, 2.24) is 9.80 Å². The molecule has 5 heteroatoms. The predicted octanol–water partition coefficient (Wildman–Crippen LogP) is 0.0313. The molecule has 0 unspecified atom stereocenters. The first-order valence-corrected chi connectivity index (χ1v) is 5.67. The number of likely N-dealkylation sites (tertiary alicyclic amines) is 2. The maximum absolute atomic E-state index is 11.9. The first-order chi connectivity index (χ1) is 7.61. The third-order valence-electron chi connectivity index (χ3n) is 3.22. The zero-order chi connectivity index (χ0) is 11.7. The normalized spacial score (nSPS) is 24.2. The second-order valence-electron chi connectivity index (χ2n) is 4.28. The number of nitrogens with two attached hydrogens (primary N) is 1. The summed E-state index contributed by atoms with van der Waals surface area (Å²) in [6, 6.07) is 0. The Hall–Kier alpha value is -1.52. The van der Waals surface area contributed by atoms with E-state index >= 15 is 0 Å². The molecule has 88 valence electrons. The molecule has 2 aliphatic heterocycles. The molecule has 5 nitrogen and oxygen atoms in total. The zero-order valence-electron chi connectivity index (χ0n) is 9.53. The summed E-state index contributed by atoms with van der Waals surface area (Å²) in [5, 5.41) is 0. The van der Waals surface area contributed by atoms with Gasteiger partial charge < -0.3 is 10.6 Å². The molecule has 0 aliphatic carbocycles. The van der Waals surface area contributed by atoms with Crippen LogP contribution in [0.25, 0.3) is 0 Å². The van der Waals surface area contributed by atoms with Crippen molar-refractivity contribution in [3.8, 4) is 0 Å². The van der Waals surface area contributed by atoms with Gasteiger partial charge in [-0.05, 0) is 19.3 Å². The average Bonchev–Trinajstić information content (AvgIpc) is 2.84. The molecule has 0 saturated carbocycles. The van der Waals surface area contributed by atoms with E-state index in [1.807, 2.05) is 4.90 Å². The number of hydrogen-bond acceptors (Lipinski definition) is 4. The molecule has 0 aromatic carbocycles. The van der Waals surface area contributed by atoms with Crippen molar-refractivity contribution < 1.29 is 9.59 Å². The van der Waals surface area contributed by atoms with Crippen LogP contribution >= 0.6 is 0 Å². The largest absolute Gasteiger partial charge is 0.385 e. The van der Waals surface area contributed by atoms with Crippen molar-refractivity contribution in [2.75, 3.05) is 19.6 Å². The molecule has 2 aliphatic rings. The fourth-order valence-electron chi connectivity index (χ4n) is 2.28. The van der Waals surface area contributed by atoms with E-state index in [0.717, 1.165) is 25.9 Å². The van der Waals surface area contributed by atoms with Crippen LogP contribution in [0.1, 0.15) is 26.2 Å². The van der Waals surface area contributed by atoms with E-state index in [-0.39, 0.29) is 11.8 Å². The van der Waals surface area contributed by atoms with Gasteiger partial charge in [-0.2, -0.15) is 0 Å². The van der Waals surface area contributed by atoms with Crippen LogP contribution in [0.2, 0.25) is 0 Å². The summed E-state index contributed by atoms with van der Waals surface area (Å²) in [6.45, 7) is 3.72. The Kier molecular flexibility index (Phi) is 2.85. The molecular formula is C11H17N3O2. The summed E-state index contributed by atoms with van der Waals surface area (Å²) in [5.74, 6) is 0.164. The lowest BCUT2D eigenvalue weighted by molar-refractivity contribution is -0.138. The highest BCUT2D eigenvalue weighted by atomic mass is 16.2. The number of hydrogen-bond donors (Lipinski definition) is 1. The van der Waals surface area contributed by atoms with Gasteiger partial charge in [0, 0.05) is 26.6 Å². The number of rotatable bonds is 1. The van der Waals surface area contributed by atoms with E-state index in [4.69, 9.17) is 5.73 Å². The van der Waals surface area contributed by atoms with Crippen LogP contribution in [0, 0.1) is 0 Å². The molecule has 0 aromatic rings. The maximum atomic E-state index is 11.9. The lowest BCUT2D eigenvalue weighted by Crippen LogP contribution is -2.32. The van der Waals surface area contributed by atoms with E-state index < -0.39 is 0 Å². The molecule has 0 aromatic heterocycles. The molecule has 2 rings (SSSR count). The SMILES string of the molecule is CC(=O)N1CC/C(=C(/N)N2CCCC2)C1=O. The summed E-state index contributed by atoms with van der Waals surface area (Å²) in [4.78, 5) is 26.4. The number of carbonyl (C=O) groups is 2. The maximum Gasteiger partial charge on any atom is 0.260 e. The Morgan fingerprint density at radius 2 is 1.88 bits per heavy atom. The minimum Gasteiger partial charge on any atom is -0.385 e. The standard InChI is InChI=1S/C11H17N3O2/c1-8(15)14-7-4-9(11(14)16)10(12)13-5-2-3-6-13/h2-7,12H2,1H3/b10-9+. The molecule has 2 N–H and O–H groups in total. The van der Waals surface area contributed by atoms with E-state index in [1.165, 1.54) is 11.8 Å². The van der Waals surface area contributed by atoms with Gasteiger partial charge in [-0.25, -0.2) is 0 Å². The highest BCUT2D eigenvalue weighted by Gasteiger charge is 2.32. The fourth-order valence-corrected chi connectivity index (χ4v) is 2.28. The zero-order valence-corrected chi connectivity index (χ0v) is 9.53. The van der Waals surface area contributed by atoms with Gasteiger partial charge in [0.05, 0.1) is 5.57 Å². The Bertz CT molecular complexity index is 356. The molecule has 2 heterocycles. The Morgan fingerprint density at radius 3 is 2.38 bits per heavy atom. The van der Waals surface area contributed by atoms with Gasteiger partial charge >= 0.3 is 0 Å². The molecule has 2 saturated heterocycles. The monoisotopic (exact) mass is 223 g/mol. The van der Waals surface area contributed by atoms with Crippen molar-refractivity contribution in [1.29, 1.82) is 0 Å². The van der Waals surface area contributed by atoms with Gasteiger partial charge in [0.25, 0.3) is 5.91 Å². The van der Waals surface area contributed by atoms with Crippen LogP contribution in [0.15, 0.2) is 11.4 Å². The minimum atomic E-state index is -0.211. The Morgan fingerprint density at radius 1 is 1.25 bits per heavy atom. The summed E-state index contributed by atoms with van der Waals surface area (Å²) in [5.41, 5.74) is 6.59. The summed E-state index contributed by atoms with van der Waals surface area (Å²) >= 11 is 0. The van der Waals surface area contributed by atoms with Crippen molar-refractivity contribution in [3.05, 3.63) is 11.4 Å². The second kappa shape index (κ2) is 4.15.